The van der Waals surface area contributed by atoms with Gasteiger partial charge in [-0.05, 0) is 31.9 Å². The van der Waals surface area contributed by atoms with Crippen molar-refractivity contribution in [1.82, 2.24) is 5.32 Å². The Morgan fingerprint density at radius 3 is 1.94 bits per heavy atom. The van der Waals surface area contributed by atoms with E-state index < -0.39 is 48.1 Å². The van der Waals surface area contributed by atoms with Gasteiger partial charge in [0.15, 0.2) is 6.10 Å². The molecule has 1 amide bonds. The molecule has 2 aromatic carbocycles. The summed E-state index contributed by atoms with van der Waals surface area (Å²) < 4.78 is 23.6. The maximum Gasteiger partial charge on any atom is 0.407 e. The van der Waals surface area contributed by atoms with Crippen LogP contribution in [0.25, 0.3) is 0 Å². The minimum Gasteiger partial charge on any atom is -0.479 e. The largest absolute Gasteiger partial charge is 0.479 e. The number of nitrogens with one attached hydrogen (secondary N) is 1. The smallest absolute Gasteiger partial charge is 0.407 e. The van der Waals surface area contributed by atoms with Gasteiger partial charge in [0, 0.05) is 5.92 Å². The second-order valence-corrected chi connectivity index (χ2v) is 9.63. The van der Waals surface area contributed by atoms with Crippen LogP contribution in [0.4, 0.5) is 4.79 Å². The van der Waals surface area contributed by atoms with Gasteiger partial charge in [0.25, 0.3) is 0 Å². The number of carboxylic acids is 1. The first-order chi connectivity index (χ1) is 16.2. The van der Waals surface area contributed by atoms with Gasteiger partial charge in [-0.2, -0.15) is 0 Å². The summed E-state index contributed by atoms with van der Waals surface area (Å²) >= 11 is 0. The summed E-state index contributed by atoms with van der Waals surface area (Å²) in [4.78, 5) is 24.5. The zero-order valence-electron chi connectivity index (χ0n) is 19.5. The Labute approximate surface area is 199 Å². The lowest BCUT2D eigenvalue weighted by Gasteiger charge is -2.35. The van der Waals surface area contributed by atoms with E-state index >= 15 is 0 Å². The van der Waals surface area contributed by atoms with E-state index in [0.29, 0.717) is 0 Å². The molecule has 0 spiro atoms. The Hall–Kier alpha value is -2.94. The van der Waals surface area contributed by atoms with Gasteiger partial charge in [-0.3, -0.25) is 0 Å². The zero-order chi connectivity index (χ0) is 24.3. The van der Waals surface area contributed by atoms with Crippen LogP contribution >= 0.6 is 0 Å². The monoisotopic (exact) mass is 469 g/mol. The number of benzene rings is 2. The highest BCUT2D eigenvalue weighted by Gasteiger charge is 2.66. The van der Waals surface area contributed by atoms with Crippen molar-refractivity contribution in [2.45, 2.75) is 70.0 Å². The van der Waals surface area contributed by atoms with Crippen molar-refractivity contribution in [1.29, 1.82) is 0 Å². The Bertz CT molecular complexity index is 976. The third-order valence-corrected chi connectivity index (χ3v) is 5.81. The van der Waals surface area contributed by atoms with Gasteiger partial charge in [-0.15, -0.1) is 0 Å². The van der Waals surface area contributed by atoms with Crippen LogP contribution in [0.1, 0.15) is 31.9 Å². The van der Waals surface area contributed by atoms with Crippen molar-refractivity contribution < 1.29 is 33.6 Å². The van der Waals surface area contributed by atoms with E-state index in [1.807, 2.05) is 60.7 Å². The number of amides is 1. The van der Waals surface area contributed by atoms with Gasteiger partial charge >= 0.3 is 12.1 Å². The third-order valence-electron chi connectivity index (χ3n) is 5.81. The number of aliphatic carboxylic acids is 1. The highest BCUT2D eigenvalue weighted by Crippen LogP contribution is 2.47. The zero-order valence-corrected chi connectivity index (χ0v) is 19.5. The lowest BCUT2D eigenvalue weighted by atomic mass is 10.00. The van der Waals surface area contributed by atoms with Crippen LogP contribution in [0.5, 0.6) is 0 Å². The van der Waals surface area contributed by atoms with Crippen molar-refractivity contribution >= 4 is 12.1 Å². The van der Waals surface area contributed by atoms with E-state index in [-0.39, 0.29) is 19.1 Å². The molecule has 1 aliphatic carbocycles. The van der Waals surface area contributed by atoms with Gasteiger partial charge in [-0.1, -0.05) is 60.7 Å². The molecule has 182 valence electrons. The lowest BCUT2D eigenvalue weighted by Crippen LogP contribution is -2.52. The molecule has 2 fully saturated rings. The molecule has 6 atom stereocenters. The minimum absolute atomic E-state index is 0.214. The van der Waals surface area contributed by atoms with Crippen LogP contribution in [0, 0.1) is 5.92 Å². The fraction of sp³-hybridized carbons (Fsp3) is 0.462. The van der Waals surface area contributed by atoms with Crippen molar-refractivity contribution in [3.8, 4) is 0 Å². The van der Waals surface area contributed by atoms with Crippen LogP contribution in [0.15, 0.2) is 60.7 Å². The van der Waals surface area contributed by atoms with E-state index in [2.05, 4.69) is 5.32 Å². The average Bonchev–Trinajstić information content (AvgIpc) is 3.47. The van der Waals surface area contributed by atoms with Crippen molar-refractivity contribution in [3.63, 3.8) is 0 Å². The Balaban J connectivity index is 1.52. The summed E-state index contributed by atoms with van der Waals surface area (Å²) in [6.07, 6.45) is -3.75. The summed E-state index contributed by atoms with van der Waals surface area (Å²) in [6.45, 7) is 5.84. The van der Waals surface area contributed by atoms with Gasteiger partial charge in [0.2, 0.25) is 0 Å². The Morgan fingerprint density at radius 2 is 1.44 bits per heavy atom. The van der Waals surface area contributed by atoms with Crippen LogP contribution in [0.2, 0.25) is 0 Å². The molecule has 0 radical (unpaired) electrons. The number of ether oxygens (including phenoxy) is 4. The van der Waals surface area contributed by atoms with Gasteiger partial charge in [0.05, 0.1) is 31.5 Å². The highest BCUT2D eigenvalue weighted by molar-refractivity contribution is 5.74. The normalized spacial score (nSPS) is 28.0. The number of hydrogen-bond donors (Lipinski definition) is 2. The standard InChI is InChI=1S/C26H31NO7/c1-26(2,3)34-25(30)27-19-18-20(19)33-23(24(28)29)22(32-15-17-12-8-5-9-13-17)21(18)31-14-16-10-6-4-7-11-16/h4-13,18-23H,14-15H2,1-3H3,(H,27,30)(H,28,29)/t18-,19-,20-,21+,22-,23-/m0/s1. The second kappa shape index (κ2) is 10.1. The van der Waals surface area contributed by atoms with Crippen LogP contribution in [-0.2, 0) is 37.0 Å². The Morgan fingerprint density at radius 1 is 0.912 bits per heavy atom. The quantitative estimate of drug-likeness (QED) is 0.610. The van der Waals surface area contributed by atoms with E-state index in [9.17, 15) is 14.7 Å². The van der Waals surface area contributed by atoms with E-state index in [1.165, 1.54) is 0 Å². The van der Waals surface area contributed by atoms with Gasteiger partial charge in [0.1, 0.15) is 11.7 Å². The number of hydrogen-bond acceptors (Lipinski definition) is 6. The minimum atomic E-state index is -1.23. The van der Waals surface area contributed by atoms with Gasteiger partial charge in [-0.25, -0.2) is 9.59 Å². The second-order valence-electron chi connectivity index (χ2n) is 9.63. The topological polar surface area (TPSA) is 103 Å². The van der Waals surface area contributed by atoms with E-state index in [4.69, 9.17) is 18.9 Å². The molecule has 2 aliphatic rings. The maximum atomic E-state index is 12.4. The third kappa shape index (κ3) is 5.94. The molecule has 0 unspecified atom stereocenters. The number of carbonyl (C=O) groups excluding carboxylic acids is 1. The predicted molar refractivity (Wildman–Crippen MR) is 123 cm³/mol. The molecular formula is C26H31NO7. The molecule has 2 N–H and O–H groups in total. The van der Waals surface area contributed by atoms with Gasteiger partial charge < -0.3 is 29.4 Å². The fourth-order valence-corrected chi connectivity index (χ4v) is 4.25. The van der Waals surface area contributed by atoms with E-state index in [0.717, 1.165) is 11.1 Å². The highest BCUT2D eigenvalue weighted by atomic mass is 16.6. The molecule has 4 rings (SSSR count). The van der Waals surface area contributed by atoms with Crippen molar-refractivity contribution in [2.75, 3.05) is 0 Å². The van der Waals surface area contributed by atoms with Crippen LogP contribution < -0.4 is 5.32 Å². The molecule has 1 saturated carbocycles. The first-order valence-electron chi connectivity index (χ1n) is 11.4. The van der Waals surface area contributed by atoms with Crippen LogP contribution in [0.3, 0.4) is 0 Å². The molecule has 8 heteroatoms. The SMILES string of the molecule is CC(C)(C)OC(=O)N[C@@H]1[C@H]2O[C@H](C(=O)O)[C@@H](OCc3ccccc3)[C@H](OCc3ccccc3)[C@@H]12. The lowest BCUT2D eigenvalue weighted by molar-refractivity contribution is -0.202. The molecule has 1 aliphatic heterocycles. The molecular weight excluding hydrogens is 438 g/mol. The molecule has 2 aromatic rings. The summed E-state index contributed by atoms with van der Waals surface area (Å²) in [5.41, 5.74) is 1.21. The summed E-state index contributed by atoms with van der Waals surface area (Å²) in [6, 6.07) is 18.7. The Kier molecular flexibility index (Phi) is 7.21. The summed E-state index contributed by atoms with van der Waals surface area (Å²) in [7, 11) is 0. The van der Waals surface area contributed by atoms with Crippen LogP contribution in [-0.4, -0.2) is 53.2 Å². The average molecular weight is 470 g/mol. The number of alkyl carbamates (subject to hydrolysis) is 1. The van der Waals surface area contributed by atoms with E-state index in [1.54, 1.807) is 20.8 Å². The number of rotatable bonds is 8. The van der Waals surface area contributed by atoms with Crippen molar-refractivity contribution in [2.24, 2.45) is 5.92 Å². The predicted octanol–water partition coefficient (Wildman–Crippen LogP) is 3.53. The maximum absolute atomic E-state index is 12.4. The fourth-order valence-electron chi connectivity index (χ4n) is 4.25. The molecule has 1 saturated heterocycles. The molecule has 8 nitrogen and oxygen atoms in total. The molecule has 0 aromatic heterocycles. The molecule has 1 heterocycles. The molecule has 34 heavy (non-hydrogen) atoms. The number of carbonyl (C=O) groups is 2. The van der Waals surface area contributed by atoms with Crippen molar-refractivity contribution in [3.05, 3.63) is 71.8 Å². The summed E-state index contributed by atoms with van der Waals surface area (Å²) in [5, 5.41) is 12.7. The number of fused-ring (bicyclic) bond motifs is 1. The number of carboxylic acid groups (broad SMARTS) is 1. The first-order valence-corrected chi connectivity index (χ1v) is 11.4. The molecule has 0 bridgehead atoms. The first kappa shape index (κ1) is 24.2. The summed E-state index contributed by atoms with van der Waals surface area (Å²) in [5.74, 6) is -1.39.